The molecule has 0 aliphatic carbocycles. The molecule has 7 heteroatoms. The molecule has 1 amide bonds. The van der Waals surface area contributed by atoms with E-state index in [-0.39, 0.29) is 5.91 Å². The van der Waals surface area contributed by atoms with Crippen molar-refractivity contribution < 1.29 is 4.79 Å². The number of carbonyl (C=O) groups is 1. The number of aryl methyl sites for hydroxylation is 2. The number of aromatic nitrogens is 4. The highest BCUT2D eigenvalue weighted by Gasteiger charge is 2.14. The van der Waals surface area contributed by atoms with E-state index in [2.05, 4.69) is 31.4 Å². The number of nitrogens with zero attached hydrogens (tertiary/aromatic N) is 4. The second-order valence-corrected chi connectivity index (χ2v) is 4.71. The van der Waals surface area contributed by atoms with Crippen molar-refractivity contribution in [1.82, 2.24) is 24.9 Å². The number of hydrogen-bond donors (Lipinski definition) is 1. The molecule has 2 heterocycles. The summed E-state index contributed by atoms with van der Waals surface area (Å²) in [5.41, 5.74) is 1.49. The van der Waals surface area contributed by atoms with Crippen LogP contribution in [0.25, 0.3) is 0 Å². The summed E-state index contributed by atoms with van der Waals surface area (Å²) in [4.78, 5) is 12.0. The van der Waals surface area contributed by atoms with Gasteiger partial charge in [0, 0.05) is 31.9 Å². The monoisotopic (exact) mass is 311 g/mol. The van der Waals surface area contributed by atoms with Gasteiger partial charge in [0.15, 0.2) is 0 Å². The lowest BCUT2D eigenvalue weighted by Crippen LogP contribution is -2.25. The van der Waals surface area contributed by atoms with Gasteiger partial charge >= 0.3 is 0 Å². The molecule has 6 nitrogen and oxygen atoms in total. The lowest BCUT2D eigenvalue weighted by Gasteiger charge is -2.04. The highest BCUT2D eigenvalue weighted by molar-refractivity contribution is 9.10. The average molecular weight is 312 g/mol. The lowest BCUT2D eigenvalue weighted by atomic mass is 10.3. The number of amides is 1. The molecule has 2 aromatic heterocycles. The zero-order chi connectivity index (χ0) is 13.1. The van der Waals surface area contributed by atoms with Crippen LogP contribution in [0.1, 0.15) is 23.0 Å². The summed E-state index contributed by atoms with van der Waals surface area (Å²) in [6, 6.07) is 0. The molecule has 18 heavy (non-hydrogen) atoms. The van der Waals surface area contributed by atoms with Crippen molar-refractivity contribution in [3.8, 4) is 0 Å². The maximum Gasteiger partial charge on any atom is 0.270 e. The molecule has 0 spiro atoms. The molecule has 0 aromatic carbocycles. The highest BCUT2D eigenvalue weighted by Crippen LogP contribution is 2.14. The summed E-state index contributed by atoms with van der Waals surface area (Å²) in [6.45, 7) is 3.29. The smallest absolute Gasteiger partial charge is 0.270 e. The molecular formula is C11H14BrN5O. The molecule has 0 atom stereocenters. The van der Waals surface area contributed by atoms with E-state index in [4.69, 9.17) is 0 Å². The van der Waals surface area contributed by atoms with Crippen LogP contribution < -0.4 is 5.32 Å². The first-order valence-electron chi connectivity index (χ1n) is 5.58. The SMILES string of the molecule is CCn1cc(CNC(=O)c2c(Br)cnn2C)cn1. The van der Waals surface area contributed by atoms with Crippen molar-refractivity contribution >= 4 is 21.8 Å². The first kappa shape index (κ1) is 12.8. The van der Waals surface area contributed by atoms with E-state index in [1.54, 1.807) is 19.4 Å². The minimum atomic E-state index is -0.161. The third kappa shape index (κ3) is 2.61. The molecular weight excluding hydrogens is 298 g/mol. The maximum absolute atomic E-state index is 12.0. The Morgan fingerprint density at radius 1 is 1.44 bits per heavy atom. The Balaban J connectivity index is 2.00. The van der Waals surface area contributed by atoms with Crippen LogP contribution >= 0.6 is 15.9 Å². The molecule has 2 rings (SSSR count). The first-order chi connectivity index (χ1) is 8.61. The van der Waals surface area contributed by atoms with Crippen molar-refractivity contribution in [2.24, 2.45) is 7.05 Å². The maximum atomic E-state index is 12.0. The zero-order valence-electron chi connectivity index (χ0n) is 10.2. The normalized spacial score (nSPS) is 10.6. The molecule has 0 saturated carbocycles. The van der Waals surface area contributed by atoms with E-state index in [1.165, 1.54) is 4.68 Å². The fourth-order valence-electron chi connectivity index (χ4n) is 1.60. The molecule has 2 aromatic rings. The number of rotatable bonds is 4. The Bertz CT molecular complexity index is 540. The van der Waals surface area contributed by atoms with Crippen LogP contribution in [-0.4, -0.2) is 25.5 Å². The van der Waals surface area contributed by atoms with Crippen LogP contribution in [0.15, 0.2) is 23.1 Å². The van der Waals surface area contributed by atoms with E-state index in [0.717, 1.165) is 12.1 Å². The average Bonchev–Trinajstić information content (AvgIpc) is 2.93. The van der Waals surface area contributed by atoms with Gasteiger partial charge in [0.25, 0.3) is 5.91 Å². The predicted octanol–water partition coefficient (Wildman–Crippen LogP) is 1.33. The van der Waals surface area contributed by atoms with Crippen LogP contribution in [0.2, 0.25) is 0 Å². The summed E-state index contributed by atoms with van der Waals surface area (Å²) >= 11 is 3.30. The summed E-state index contributed by atoms with van der Waals surface area (Å²) in [6.07, 6.45) is 5.27. The van der Waals surface area contributed by atoms with Crippen molar-refractivity contribution in [2.45, 2.75) is 20.0 Å². The van der Waals surface area contributed by atoms with Crippen LogP contribution in [-0.2, 0) is 20.1 Å². The second kappa shape index (κ2) is 5.34. The standard InChI is InChI=1S/C11H14BrN5O/c1-3-17-7-8(5-15-17)4-13-11(18)10-9(12)6-14-16(10)2/h5-7H,3-4H2,1-2H3,(H,13,18). The number of halogens is 1. The third-order valence-electron chi connectivity index (χ3n) is 2.57. The Morgan fingerprint density at radius 2 is 2.22 bits per heavy atom. The topological polar surface area (TPSA) is 64.7 Å². The van der Waals surface area contributed by atoms with E-state index < -0.39 is 0 Å². The highest BCUT2D eigenvalue weighted by atomic mass is 79.9. The Kier molecular flexibility index (Phi) is 3.81. The van der Waals surface area contributed by atoms with E-state index >= 15 is 0 Å². The molecule has 0 aliphatic rings. The van der Waals surface area contributed by atoms with Crippen LogP contribution in [0.3, 0.4) is 0 Å². The quantitative estimate of drug-likeness (QED) is 0.926. The summed E-state index contributed by atoms with van der Waals surface area (Å²) in [5.74, 6) is -0.161. The lowest BCUT2D eigenvalue weighted by molar-refractivity contribution is 0.0940. The minimum absolute atomic E-state index is 0.161. The molecule has 0 fully saturated rings. The minimum Gasteiger partial charge on any atom is -0.346 e. The van der Waals surface area contributed by atoms with Gasteiger partial charge in [-0.1, -0.05) is 0 Å². The van der Waals surface area contributed by atoms with Gasteiger partial charge in [-0.15, -0.1) is 0 Å². The fourth-order valence-corrected chi connectivity index (χ4v) is 2.13. The van der Waals surface area contributed by atoms with Crippen LogP contribution in [0, 0.1) is 0 Å². The van der Waals surface area contributed by atoms with Crippen molar-refractivity contribution in [1.29, 1.82) is 0 Å². The van der Waals surface area contributed by atoms with Gasteiger partial charge in [-0.25, -0.2) is 0 Å². The number of carbonyl (C=O) groups excluding carboxylic acids is 1. The molecule has 0 saturated heterocycles. The Morgan fingerprint density at radius 3 is 2.78 bits per heavy atom. The predicted molar refractivity (Wildman–Crippen MR) is 70.0 cm³/mol. The third-order valence-corrected chi connectivity index (χ3v) is 3.15. The largest absolute Gasteiger partial charge is 0.346 e. The zero-order valence-corrected chi connectivity index (χ0v) is 11.8. The van der Waals surface area contributed by atoms with Gasteiger partial charge in [0.2, 0.25) is 0 Å². The molecule has 0 bridgehead atoms. The van der Waals surface area contributed by atoms with E-state index in [0.29, 0.717) is 16.7 Å². The number of hydrogen-bond acceptors (Lipinski definition) is 3. The van der Waals surface area contributed by atoms with Gasteiger partial charge in [0.05, 0.1) is 16.9 Å². The Hall–Kier alpha value is -1.63. The second-order valence-electron chi connectivity index (χ2n) is 3.85. The van der Waals surface area contributed by atoms with Crippen LogP contribution in [0.5, 0.6) is 0 Å². The van der Waals surface area contributed by atoms with Crippen molar-refractivity contribution in [3.05, 3.63) is 34.3 Å². The van der Waals surface area contributed by atoms with Gasteiger partial charge < -0.3 is 5.32 Å². The molecule has 0 unspecified atom stereocenters. The molecule has 0 radical (unpaired) electrons. The molecule has 0 aliphatic heterocycles. The van der Waals surface area contributed by atoms with E-state index in [9.17, 15) is 4.79 Å². The summed E-state index contributed by atoms with van der Waals surface area (Å²) in [7, 11) is 1.73. The van der Waals surface area contributed by atoms with Crippen molar-refractivity contribution in [3.63, 3.8) is 0 Å². The van der Waals surface area contributed by atoms with E-state index in [1.807, 2.05) is 17.8 Å². The van der Waals surface area contributed by atoms with Crippen molar-refractivity contribution in [2.75, 3.05) is 0 Å². The van der Waals surface area contributed by atoms with Gasteiger partial charge in [0.1, 0.15) is 5.69 Å². The number of nitrogens with one attached hydrogen (secondary N) is 1. The fraction of sp³-hybridized carbons (Fsp3) is 0.364. The summed E-state index contributed by atoms with van der Waals surface area (Å²) < 4.78 is 4.04. The van der Waals surface area contributed by atoms with Gasteiger partial charge in [-0.05, 0) is 22.9 Å². The summed E-state index contributed by atoms with van der Waals surface area (Å²) in [5, 5.41) is 11.0. The molecule has 96 valence electrons. The molecule has 1 N–H and O–H groups in total. The Labute approximate surface area is 113 Å². The van der Waals surface area contributed by atoms with Crippen LogP contribution in [0.4, 0.5) is 0 Å². The van der Waals surface area contributed by atoms with Gasteiger partial charge in [-0.2, -0.15) is 10.2 Å². The van der Waals surface area contributed by atoms with Gasteiger partial charge in [-0.3, -0.25) is 14.2 Å². The first-order valence-corrected chi connectivity index (χ1v) is 6.38.